The topological polar surface area (TPSA) is 58.6 Å². The third-order valence-electron chi connectivity index (χ3n) is 3.08. The van der Waals surface area contributed by atoms with E-state index in [1.54, 1.807) is 7.11 Å². The summed E-state index contributed by atoms with van der Waals surface area (Å²) in [6.45, 7) is 5.04. The van der Waals surface area contributed by atoms with E-state index in [4.69, 9.17) is 4.74 Å². The van der Waals surface area contributed by atoms with Crippen LogP contribution in [0.2, 0.25) is 0 Å². The van der Waals surface area contributed by atoms with Crippen LogP contribution in [0.4, 0.5) is 0 Å². The van der Waals surface area contributed by atoms with Gasteiger partial charge in [0, 0.05) is 13.7 Å². The lowest BCUT2D eigenvalue weighted by molar-refractivity contribution is -0.146. The summed E-state index contributed by atoms with van der Waals surface area (Å²) in [4.78, 5) is 11.8. The summed E-state index contributed by atoms with van der Waals surface area (Å²) in [5.41, 5.74) is -0.263. The first-order chi connectivity index (χ1) is 9.03. The average molecular weight is 265 g/mol. The standard InChI is InChI=1S/C15H23NO3/c1-12(2)11-15(14(17)18,16-9-10-19-3)13-7-5-4-6-8-13/h4-8,12,16H,9-11H2,1-3H3,(H,17,18). The van der Waals surface area contributed by atoms with Crippen LogP contribution >= 0.6 is 0 Å². The van der Waals surface area contributed by atoms with Crippen molar-refractivity contribution in [3.8, 4) is 0 Å². The van der Waals surface area contributed by atoms with Gasteiger partial charge in [0.25, 0.3) is 0 Å². The molecule has 19 heavy (non-hydrogen) atoms. The minimum absolute atomic E-state index is 0.270. The van der Waals surface area contributed by atoms with E-state index in [-0.39, 0.29) is 5.92 Å². The van der Waals surface area contributed by atoms with E-state index in [2.05, 4.69) is 5.32 Å². The number of carboxylic acids is 1. The summed E-state index contributed by atoms with van der Waals surface area (Å²) in [5.74, 6) is -0.574. The molecule has 0 bridgehead atoms. The van der Waals surface area contributed by atoms with Crippen LogP contribution in [-0.4, -0.2) is 31.3 Å². The summed E-state index contributed by atoms with van der Waals surface area (Å²) in [6, 6.07) is 9.34. The Bertz CT molecular complexity index is 392. The first-order valence-electron chi connectivity index (χ1n) is 6.56. The van der Waals surface area contributed by atoms with Gasteiger partial charge in [-0.25, -0.2) is 4.79 Å². The van der Waals surface area contributed by atoms with E-state index in [0.717, 1.165) is 5.56 Å². The van der Waals surface area contributed by atoms with E-state index in [9.17, 15) is 9.90 Å². The smallest absolute Gasteiger partial charge is 0.328 e. The molecule has 1 unspecified atom stereocenters. The molecule has 0 amide bonds. The maximum atomic E-state index is 11.8. The summed E-state index contributed by atoms with van der Waals surface area (Å²) in [7, 11) is 1.61. The second-order valence-corrected chi connectivity index (χ2v) is 5.09. The van der Waals surface area contributed by atoms with Crippen molar-refractivity contribution in [2.24, 2.45) is 5.92 Å². The molecule has 0 aliphatic heterocycles. The molecule has 0 radical (unpaired) electrons. The van der Waals surface area contributed by atoms with Crippen molar-refractivity contribution in [1.82, 2.24) is 5.32 Å². The average Bonchev–Trinajstić information content (AvgIpc) is 2.38. The fourth-order valence-corrected chi connectivity index (χ4v) is 2.28. The molecule has 4 nitrogen and oxygen atoms in total. The summed E-state index contributed by atoms with van der Waals surface area (Å²) >= 11 is 0. The quantitative estimate of drug-likeness (QED) is 0.708. The molecule has 1 aromatic carbocycles. The van der Waals surface area contributed by atoms with Gasteiger partial charge in [0.2, 0.25) is 0 Å². The molecule has 0 spiro atoms. The number of rotatable bonds is 8. The zero-order chi connectivity index (χ0) is 14.3. The van der Waals surface area contributed by atoms with Gasteiger partial charge in [-0.3, -0.25) is 5.32 Å². The molecular weight excluding hydrogens is 242 g/mol. The Morgan fingerprint density at radius 1 is 1.37 bits per heavy atom. The van der Waals surface area contributed by atoms with Crippen LogP contribution in [0.3, 0.4) is 0 Å². The van der Waals surface area contributed by atoms with E-state index in [1.165, 1.54) is 0 Å². The Labute approximate surface area is 114 Å². The van der Waals surface area contributed by atoms with Crippen LogP contribution in [0.25, 0.3) is 0 Å². The van der Waals surface area contributed by atoms with Crippen LogP contribution < -0.4 is 5.32 Å². The van der Waals surface area contributed by atoms with Crippen LogP contribution in [0.1, 0.15) is 25.8 Å². The molecule has 0 saturated carbocycles. The van der Waals surface area contributed by atoms with Gasteiger partial charge in [0.15, 0.2) is 0 Å². The second-order valence-electron chi connectivity index (χ2n) is 5.09. The molecule has 0 heterocycles. The van der Waals surface area contributed by atoms with Crippen molar-refractivity contribution in [1.29, 1.82) is 0 Å². The van der Waals surface area contributed by atoms with Crippen LogP contribution in [0.15, 0.2) is 30.3 Å². The SMILES string of the molecule is COCCNC(CC(C)C)(C(=O)O)c1ccccc1. The monoisotopic (exact) mass is 265 g/mol. The summed E-state index contributed by atoms with van der Waals surface area (Å²) in [5, 5.41) is 12.9. The zero-order valence-electron chi connectivity index (χ0n) is 11.8. The van der Waals surface area contributed by atoms with Gasteiger partial charge < -0.3 is 9.84 Å². The summed E-state index contributed by atoms with van der Waals surface area (Å²) < 4.78 is 5.00. The van der Waals surface area contributed by atoms with Gasteiger partial charge in [0.05, 0.1) is 6.61 Å². The molecule has 1 aromatic rings. The second kappa shape index (κ2) is 7.26. The van der Waals surface area contributed by atoms with E-state index >= 15 is 0 Å². The molecule has 106 valence electrons. The van der Waals surface area contributed by atoms with Crippen molar-refractivity contribution < 1.29 is 14.6 Å². The third-order valence-corrected chi connectivity index (χ3v) is 3.08. The molecule has 4 heteroatoms. The highest BCUT2D eigenvalue weighted by molar-refractivity contribution is 5.80. The number of ether oxygens (including phenoxy) is 1. The number of hydrogen-bond donors (Lipinski definition) is 2. The molecular formula is C15H23NO3. The van der Waals surface area contributed by atoms with Gasteiger partial charge in [-0.05, 0) is 17.9 Å². The first kappa shape index (κ1) is 15.7. The number of carbonyl (C=O) groups is 1. The molecule has 0 aliphatic carbocycles. The minimum Gasteiger partial charge on any atom is -0.480 e. The lowest BCUT2D eigenvalue weighted by Crippen LogP contribution is -2.51. The fraction of sp³-hybridized carbons (Fsp3) is 0.533. The maximum absolute atomic E-state index is 11.8. The molecule has 0 aliphatic rings. The van der Waals surface area contributed by atoms with Crippen molar-refractivity contribution in [3.63, 3.8) is 0 Å². The van der Waals surface area contributed by atoms with Crippen molar-refractivity contribution in [2.45, 2.75) is 25.8 Å². The number of methoxy groups -OCH3 is 1. The van der Waals surface area contributed by atoms with Crippen LogP contribution in [0.5, 0.6) is 0 Å². The molecule has 2 N–H and O–H groups in total. The number of nitrogens with one attached hydrogen (secondary N) is 1. The Balaban J connectivity index is 3.08. The van der Waals surface area contributed by atoms with E-state index in [0.29, 0.717) is 19.6 Å². The van der Waals surface area contributed by atoms with Gasteiger partial charge in [-0.15, -0.1) is 0 Å². The molecule has 1 atom stereocenters. The Morgan fingerprint density at radius 3 is 2.47 bits per heavy atom. The lowest BCUT2D eigenvalue weighted by atomic mass is 9.82. The predicted octanol–water partition coefficient (Wildman–Crippen LogP) is 2.25. The predicted molar refractivity (Wildman–Crippen MR) is 75.1 cm³/mol. The van der Waals surface area contributed by atoms with Gasteiger partial charge >= 0.3 is 5.97 Å². The number of benzene rings is 1. The highest BCUT2D eigenvalue weighted by atomic mass is 16.5. The van der Waals surface area contributed by atoms with Crippen molar-refractivity contribution in [3.05, 3.63) is 35.9 Å². The number of hydrogen-bond acceptors (Lipinski definition) is 3. The Hall–Kier alpha value is -1.39. The van der Waals surface area contributed by atoms with Gasteiger partial charge in [0.1, 0.15) is 5.54 Å². The first-order valence-corrected chi connectivity index (χ1v) is 6.56. The van der Waals surface area contributed by atoms with Gasteiger partial charge in [-0.1, -0.05) is 44.2 Å². The van der Waals surface area contributed by atoms with Crippen LogP contribution in [0, 0.1) is 5.92 Å². The molecule has 0 fully saturated rings. The third kappa shape index (κ3) is 4.04. The van der Waals surface area contributed by atoms with Crippen LogP contribution in [-0.2, 0) is 15.1 Å². The van der Waals surface area contributed by atoms with Crippen molar-refractivity contribution in [2.75, 3.05) is 20.3 Å². The molecule has 0 saturated heterocycles. The Morgan fingerprint density at radius 2 is 2.00 bits per heavy atom. The largest absolute Gasteiger partial charge is 0.480 e. The van der Waals surface area contributed by atoms with E-state index < -0.39 is 11.5 Å². The lowest BCUT2D eigenvalue weighted by Gasteiger charge is -2.33. The zero-order valence-corrected chi connectivity index (χ0v) is 11.8. The maximum Gasteiger partial charge on any atom is 0.328 e. The fourth-order valence-electron chi connectivity index (χ4n) is 2.28. The summed E-state index contributed by atoms with van der Waals surface area (Å²) in [6.07, 6.45) is 0.538. The van der Waals surface area contributed by atoms with E-state index in [1.807, 2.05) is 44.2 Å². The Kier molecular flexibility index (Phi) is 5.99. The minimum atomic E-state index is -1.05. The highest BCUT2D eigenvalue weighted by Gasteiger charge is 2.40. The normalized spacial score (nSPS) is 14.3. The van der Waals surface area contributed by atoms with Crippen molar-refractivity contribution >= 4 is 5.97 Å². The number of carboxylic acid groups (broad SMARTS) is 1. The highest BCUT2D eigenvalue weighted by Crippen LogP contribution is 2.29. The molecule has 0 aromatic heterocycles. The molecule has 1 rings (SSSR count). The van der Waals surface area contributed by atoms with Gasteiger partial charge in [-0.2, -0.15) is 0 Å². The number of aliphatic carboxylic acids is 1.